The lowest BCUT2D eigenvalue weighted by molar-refractivity contribution is 0.625. The summed E-state index contributed by atoms with van der Waals surface area (Å²) < 4.78 is 13.1. The van der Waals surface area contributed by atoms with Crippen molar-refractivity contribution in [2.45, 2.75) is 0 Å². The molecule has 1 N–H and O–H groups in total. The molecule has 0 bridgehead atoms. The lowest BCUT2D eigenvalue weighted by Gasteiger charge is -2.02. The Morgan fingerprint density at radius 1 is 1.62 bits per heavy atom. The summed E-state index contributed by atoms with van der Waals surface area (Å²) in [7, 11) is 0. The van der Waals surface area contributed by atoms with Crippen LogP contribution in [0.4, 0.5) is 4.39 Å². The molecular formula is C10H7FN2. The fraction of sp³-hybridized carbons (Fsp3) is 0. The topological polar surface area (TPSA) is 47.6 Å². The molecule has 13 heavy (non-hydrogen) atoms. The summed E-state index contributed by atoms with van der Waals surface area (Å²) in [6.45, 7) is 3.35. The van der Waals surface area contributed by atoms with Crippen molar-refractivity contribution in [1.29, 1.82) is 10.7 Å². The van der Waals surface area contributed by atoms with Gasteiger partial charge in [-0.2, -0.15) is 5.26 Å². The van der Waals surface area contributed by atoms with Gasteiger partial charge >= 0.3 is 0 Å². The average Bonchev–Trinajstić information content (AvgIpc) is 2.16. The third kappa shape index (κ3) is 1.62. The van der Waals surface area contributed by atoms with Gasteiger partial charge in [-0.1, -0.05) is 12.6 Å². The van der Waals surface area contributed by atoms with Gasteiger partial charge in [0.1, 0.15) is 5.82 Å². The van der Waals surface area contributed by atoms with Crippen molar-refractivity contribution in [2.24, 2.45) is 0 Å². The van der Waals surface area contributed by atoms with Crippen molar-refractivity contribution in [2.75, 3.05) is 0 Å². The molecule has 0 saturated carbocycles. The van der Waals surface area contributed by atoms with E-state index in [-0.39, 0.29) is 16.8 Å². The number of nitrogens with zero attached hydrogens (tertiary/aromatic N) is 1. The van der Waals surface area contributed by atoms with Gasteiger partial charge < -0.3 is 5.41 Å². The minimum absolute atomic E-state index is 0.0139. The second-order valence-electron chi connectivity index (χ2n) is 2.39. The van der Waals surface area contributed by atoms with Crippen LogP contribution in [-0.4, -0.2) is 5.71 Å². The molecule has 0 aliphatic carbocycles. The van der Waals surface area contributed by atoms with E-state index in [1.54, 1.807) is 0 Å². The zero-order valence-corrected chi connectivity index (χ0v) is 6.84. The van der Waals surface area contributed by atoms with Crippen LogP contribution >= 0.6 is 0 Å². The van der Waals surface area contributed by atoms with E-state index in [1.165, 1.54) is 24.3 Å². The van der Waals surface area contributed by atoms with E-state index in [9.17, 15) is 4.39 Å². The molecule has 1 rings (SSSR count). The van der Waals surface area contributed by atoms with E-state index in [1.807, 2.05) is 6.07 Å². The Hall–Kier alpha value is -1.95. The Balaban J connectivity index is 3.41. The summed E-state index contributed by atoms with van der Waals surface area (Å²) >= 11 is 0. The van der Waals surface area contributed by atoms with Gasteiger partial charge in [-0.15, -0.1) is 0 Å². The second kappa shape index (κ2) is 3.63. The van der Waals surface area contributed by atoms with Gasteiger partial charge in [-0.25, -0.2) is 4.39 Å². The molecule has 0 aromatic heterocycles. The highest BCUT2D eigenvalue weighted by molar-refractivity contribution is 6.07. The fourth-order valence-electron chi connectivity index (χ4n) is 0.993. The molecule has 0 spiro atoms. The largest absolute Gasteiger partial charge is 0.300 e. The minimum Gasteiger partial charge on any atom is -0.300 e. The smallest absolute Gasteiger partial charge is 0.133 e. The molecule has 0 aliphatic rings. The zero-order valence-electron chi connectivity index (χ0n) is 6.84. The van der Waals surface area contributed by atoms with Crippen molar-refractivity contribution in [3.05, 3.63) is 47.8 Å². The summed E-state index contributed by atoms with van der Waals surface area (Å²) in [6, 6.07) is 5.95. The van der Waals surface area contributed by atoms with Crippen LogP contribution in [0.5, 0.6) is 0 Å². The molecular weight excluding hydrogens is 167 g/mol. The van der Waals surface area contributed by atoms with E-state index >= 15 is 0 Å². The first-order valence-electron chi connectivity index (χ1n) is 3.60. The number of rotatable bonds is 2. The molecule has 3 heteroatoms. The average molecular weight is 174 g/mol. The number of hydrogen-bond acceptors (Lipinski definition) is 2. The van der Waals surface area contributed by atoms with Crippen LogP contribution < -0.4 is 0 Å². The molecule has 0 heterocycles. The standard InChI is InChI=1S/C10H7FN2/c1-2-9(13)10-7(6-12)4-3-5-8(10)11/h2-5,13H,1H2. The first-order valence-corrected chi connectivity index (χ1v) is 3.60. The predicted molar refractivity (Wildman–Crippen MR) is 48.1 cm³/mol. The van der Waals surface area contributed by atoms with Crippen molar-refractivity contribution < 1.29 is 4.39 Å². The van der Waals surface area contributed by atoms with Crippen molar-refractivity contribution in [3.63, 3.8) is 0 Å². The summed E-state index contributed by atoms with van der Waals surface area (Å²) in [6.07, 6.45) is 1.21. The number of benzene rings is 1. The highest BCUT2D eigenvalue weighted by Crippen LogP contribution is 2.13. The summed E-state index contributed by atoms with van der Waals surface area (Å²) in [4.78, 5) is 0. The van der Waals surface area contributed by atoms with Crippen molar-refractivity contribution in [1.82, 2.24) is 0 Å². The number of hydrogen-bond donors (Lipinski definition) is 1. The summed E-state index contributed by atoms with van der Waals surface area (Å²) in [5, 5.41) is 16.0. The highest BCUT2D eigenvalue weighted by atomic mass is 19.1. The lowest BCUT2D eigenvalue weighted by atomic mass is 10.0. The van der Waals surface area contributed by atoms with Crippen LogP contribution in [0.3, 0.4) is 0 Å². The Bertz CT molecular complexity index is 402. The second-order valence-corrected chi connectivity index (χ2v) is 2.39. The fourth-order valence-corrected chi connectivity index (χ4v) is 0.993. The first kappa shape index (κ1) is 9.14. The third-order valence-electron chi connectivity index (χ3n) is 1.61. The number of nitrogens with one attached hydrogen (secondary N) is 1. The molecule has 64 valence electrons. The van der Waals surface area contributed by atoms with Gasteiger partial charge in [-0.3, -0.25) is 0 Å². The molecule has 0 saturated heterocycles. The first-order chi connectivity index (χ1) is 6.20. The predicted octanol–water partition coefficient (Wildman–Crippen LogP) is 2.25. The van der Waals surface area contributed by atoms with Crippen LogP contribution in [0.25, 0.3) is 0 Å². The molecule has 0 unspecified atom stereocenters. The van der Waals surface area contributed by atoms with Gasteiger partial charge in [0.15, 0.2) is 0 Å². The molecule has 1 aromatic rings. The molecule has 0 amide bonds. The van der Waals surface area contributed by atoms with Crippen molar-refractivity contribution >= 4 is 5.71 Å². The maximum Gasteiger partial charge on any atom is 0.133 e. The molecule has 0 radical (unpaired) electrons. The van der Waals surface area contributed by atoms with Crippen molar-refractivity contribution in [3.8, 4) is 6.07 Å². The summed E-state index contributed by atoms with van der Waals surface area (Å²) in [5.41, 5.74) is 0.0968. The van der Waals surface area contributed by atoms with Gasteiger partial charge in [0, 0.05) is 0 Å². The molecule has 0 aliphatic heterocycles. The Kier molecular flexibility index (Phi) is 2.56. The third-order valence-corrected chi connectivity index (χ3v) is 1.61. The molecule has 0 atom stereocenters. The van der Waals surface area contributed by atoms with E-state index in [2.05, 4.69) is 6.58 Å². The molecule has 2 nitrogen and oxygen atoms in total. The summed E-state index contributed by atoms with van der Waals surface area (Å²) in [5.74, 6) is -0.566. The quantitative estimate of drug-likeness (QED) is 0.687. The van der Waals surface area contributed by atoms with Gasteiger partial charge in [0.05, 0.1) is 22.9 Å². The normalized spacial score (nSPS) is 8.92. The van der Waals surface area contributed by atoms with Crippen LogP contribution in [0, 0.1) is 22.6 Å². The monoisotopic (exact) mass is 174 g/mol. The van der Waals surface area contributed by atoms with Gasteiger partial charge in [-0.05, 0) is 18.2 Å². The number of nitriles is 1. The van der Waals surface area contributed by atoms with Crippen LogP contribution in [0.15, 0.2) is 30.9 Å². The molecule has 0 fully saturated rings. The maximum atomic E-state index is 13.1. The lowest BCUT2D eigenvalue weighted by Crippen LogP contribution is -2.01. The molecule has 1 aromatic carbocycles. The number of allylic oxidation sites excluding steroid dienone is 1. The van der Waals surface area contributed by atoms with E-state index in [4.69, 9.17) is 10.7 Å². The van der Waals surface area contributed by atoms with Gasteiger partial charge in [0.25, 0.3) is 0 Å². The Labute approximate surface area is 75.4 Å². The minimum atomic E-state index is -0.566. The van der Waals surface area contributed by atoms with E-state index < -0.39 is 5.82 Å². The maximum absolute atomic E-state index is 13.1. The zero-order chi connectivity index (χ0) is 9.84. The Morgan fingerprint density at radius 2 is 2.31 bits per heavy atom. The van der Waals surface area contributed by atoms with Crippen LogP contribution in [0.2, 0.25) is 0 Å². The number of halogens is 1. The van der Waals surface area contributed by atoms with Crippen LogP contribution in [-0.2, 0) is 0 Å². The highest BCUT2D eigenvalue weighted by Gasteiger charge is 2.10. The van der Waals surface area contributed by atoms with E-state index in [0.717, 1.165) is 0 Å². The van der Waals surface area contributed by atoms with Gasteiger partial charge in [0.2, 0.25) is 0 Å². The SMILES string of the molecule is C=CC(=N)c1c(F)cccc1C#N. The Morgan fingerprint density at radius 3 is 2.85 bits per heavy atom. The van der Waals surface area contributed by atoms with E-state index in [0.29, 0.717) is 0 Å². The van der Waals surface area contributed by atoms with Crippen LogP contribution in [0.1, 0.15) is 11.1 Å².